The van der Waals surface area contributed by atoms with Gasteiger partial charge in [0.2, 0.25) is 0 Å². The summed E-state index contributed by atoms with van der Waals surface area (Å²) in [6, 6.07) is 10.5. The summed E-state index contributed by atoms with van der Waals surface area (Å²) in [6.07, 6.45) is 3.61. The Bertz CT molecular complexity index is 577. The van der Waals surface area contributed by atoms with Gasteiger partial charge in [0.1, 0.15) is 0 Å². The summed E-state index contributed by atoms with van der Waals surface area (Å²) in [4.78, 5) is 0. The normalized spacial score (nSPS) is 19.3. The van der Waals surface area contributed by atoms with Crippen LogP contribution in [0.15, 0.2) is 36.5 Å². The van der Waals surface area contributed by atoms with E-state index in [9.17, 15) is 0 Å². The number of nitrogens with two attached hydrogens (primary N) is 1. The Hall–Kier alpha value is -1.76. The molecule has 0 radical (unpaired) electrons. The summed E-state index contributed by atoms with van der Waals surface area (Å²) in [6.45, 7) is 1.47. The summed E-state index contributed by atoms with van der Waals surface area (Å²) < 4.78 is 7.36. The summed E-state index contributed by atoms with van der Waals surface area (Å²) in [5.74, 6) is 5.93. The number of benzene rings is 1. The Morgan fingerprint density at radius 2 is 2.00 bits per heavy atom. The molecule has 0 aliphatic carbocycles. The number of rotatable bonds is 4. The Morgan fingerprint density at radius 3 is 2.57 bits per heavy atom. The van der Waals surface area contributed by atoms with Gasteiger partial charge < -0.3 is 4.74 Å². The highest BCUT2D eigenvalue weighted by atomic mass is 16.5. The van der Waals surface area contributed by atoms with E-state index in [1.165, 1.54) is 5.56 Å². The van der Waals surface area contributed by atoms with E-state index in [4.69, 9.17) is 10.6 Å². The molecule has 0 spiro atoms. The molecule has 6 nitrogen and oxygen atoms in total. The van der Waals surface area contributed by atoms with Crippen molar-refractivity contribution in [2.75, 3.05) is 13.2 Å². The van der Waals surface area contributed by atoms with Crippen molar-refractivity contribution in [3.8, 4) is 0 Å². The van der Waals surface area contributed by atoms with Gasteiger partial charge >= 0.3 is 0 Å². The van der Waals surface area contributed by atoms with Gasteiger partial charge in [0.05, 0.1) is 17.9 Å². The Kier molecular flexibility index (Phi) is 4.01. The smallest absolute Gasteiger partial charge is 0.0775 e. The molecule has 1 aliphatic heterocycles. The largest absolute Gasteiger partial charge is 0.381 e. The first kappa shape index (κ1) is 14.2. The minimum atomic E-state index is -0.107. The van der Waals surface area contributed by atoms with Crippen LogP contribution in [-0.2, 0) is 17.2 Å². The summed E-state index contributed by atoms with van der Waals surface area (Å²) in [7, 11) is 1.89. The Labute approximate surface area is 124 Å². The lowest BCUT2D eigenvalue weighted by Gasteiger charge is -2.43. The molecule has 1 atom stereocenters. The van der Waals surface area contributed by atoms with Gasteiger partial charge in [-0.2, -0.15) is 0 Å². The van der Waals surface area contributed by atoms with Crippen molar-refractivity contribution in [2.24, 2.45) is 12.9 Å². The third kappa shape index (κ3) is 2.46. The number of aryl methyl sites for hydroxylation is 1. The van der Waals surface area contributed by atoms with Crippen molar-refractivity contribution in [3.05, 3.63) is 47.8 Å². The highest BCUT2D eigenvalue weighted by Crippen LogP contribution is 2.44. The number of hydrogen-bond donors (Lipinski definition) is 2. The second kappa shape index (κ2) is 5.93. The van der Waals surface area contributed by atoms with E-state index in [0.29, 0.717) is 0 Å². The van der Waals surface area contributed by atoms with Crippen LogP contribution in [0.25, 0.3) is 0 Å². The van der Waals surface area contributed by atoms with Crippen LogP contribution in [0.4, 0.5) is 0 Å². The molecule has 2 aromatic rings. The highest BCUT2D eigenvalue weighted by molar-refractivity contribution is 5.31. The van der Waals surface area contributed by atoms with Crippen molar-refractivity contribution >= 4 is 0 Å². The molecular formula is C15H21N5O. The molecule has 3 N–H and O–H groups in total. The molecule has 2 heterocycles. The van der Waals surface area contributed by atoms with Gasteiger partial charge in [-0.25, -0.2) is 0 Å². The fourth-order valence-electron chi connectivity index (χ4n) is 3.34. The SMILES string of the molecule is Cn1nncc1C(NN)C1(c2ccccc2)CCOCC1. The molecule has 1 aliphatic rings. The lowest BCUT2D eigenvalue weighted by atomic mass is 9.68. The molecule has 21 heavy (non-hydrogen) atoms. The molecule has 1 aromatic carbocycles. The predicted octanol–water partition coefficient (Wildman–Crippen LogP) is 1.07. The van der Waals surface area contributed by atoms with E-state index in [2.05, 4.69) is 40.0 Å². The van der Waals surface area contributed by atoms with E-state index < -0.39 is 0 Å². The molecule has 112 valence electrons. The quantitative estimate of drug-likeness (QED) is 0.649. The highest BCUT2D eigenvalue weighted by Gasteiger charge is 2.43. The van der Waals surface area contributed by atoms with Gasteiger partial charge in [-0.1, -0.05) is 35.5 Å². The van der Waals surface area contributed by atoms with Crippen LogP contribution >= 0.6 is 0 Å². The number of ether oxygens (including phenoxy) is 1. The van der Waals surface area contributed by atoms with E-state index in [1.54, 1.807) is 10.9 Å². The molecule has 1 fully saturated rings. The molecule has 0 saturated carbocycles. The zero-order valence-electron chi connectivity index (χ0n) is 12.2. The third-order valence-electron chi connectivity index (χ3n) is 4.50. The second-order valence-electron chi connectivity index (χ2n) is 5.52. The fraction of sp³-hybridized carbons (Fsp3) is 0.467. The van der Waals surface area contributed by atoms with Crippen LogP contribution in [-0.4, -0.2) is 28.2 Å². The van der Waals surface area contributed by atoms with Crippen molar-refractivity contribution in [1.82, 2.24) is 20.4 Å². The molecule has 0 amide bonds. The van der Waals surface area contributed by atoms with Crippen molar-refractivity contribution in [1.29, 1.82) is 0 Å². The van der Waals surface area contributed by atoms with E-state index in [-0.39, 0.29) is 11.5 Å². The van der Waals surface area contributed by atoms with Gasteiger partial charge in [0.25, 0.3) is 0 Å². The van der Waals surface area contributed by atoms with Crippen molar-refractivity contribution < 1.29 is 4.74 Å². The van der Waals surface area contributed by atoms with E-state index in [0.717, 1.165) is 31.7 Å². The number of hydrogen-bond acceptors (Lipinski definition) is 5. The number of nitrogens with zero attached hydrogens (tertiary/aromatic N) is 3. The van der Waals surface area contributed by atoms with Crippen LogP contribution < -0.4 is 11.3 Å². The molecule has 3 rings (SSSR count). The average molecular weight is 287 g/mol. The molecule has 0 bridgehead atoms. The van der Waals surface area contributed by atoms with Gasteiger partial charge in [-0.3, -0.25) is 16.0 Å². The van der Waals surface area contributed by atoms with Gasteiger partial charge in [0, 0.05) is 25.7 Å². The van der Waals surface area contributed by atoms with Gasteiger partial charge in [-0.05, 0) is 18.4 Å². The summed E-state index contributed by atoms with van der Waals surface area (Å²) in [5.41, 5.74) is 5.16. The van der Waals surface area contributed by atoms with Crippen molar-refractivity contribution in [3.63, 3.8) is 0 Å². The van der Waals surface area contributed by atoms with Gasteiger partial charge in [-0.15, -0.1) is 5.10 Å². The number of aromatic nitrogens is 3. The predicted molar refractivity (Wildman–Crippen MR) is 79.2 cm³/mol. The van der Waals surface area contributed by atoms with Crippen LogP contribution in [0.5, 0.6) is 0 Å². The monoisotopic (exact) mass is 287 g/mol. The van der Waals surface area contributed by atoms with Crippen LogP contribution in [0.3, 0.4) is 0 Å². The molecule has 1 aromatic heterocycles. The van der Waals surface area contributed by atoms with Crippen LogP contribution in [0.2, 0.25) is 0 Å². The van der Waals surface area contributed by atoms with Crippen LogP contribution in [0.1, 0.15) is 30.1 Å². The maximum absolute atomic E-state index is 5.93. The van der Waals surface area contributed by atoms with Crippen LogP contribution in [0, 0.1) is 0 Å². The minimum absolute atomic E-state index is 0.0520. The minimum Gasteiger partial charge on any atom is -0.381 e. The summed E-state index contributed by atoms with van der Waals surface area (Å²) >= 11 is 0. The number of hydrazine groups is 1. The first-order valence-electron chi connectivity index (χ1n) is 7.22. The lowest BCUT2D eigenvalue weighted by Crippen LogP contribution is -2.48. The first-order valence-corrected chi connectivity index (χ1v) is 7.22. The van der Waals surface area contributed by atoms with E-state index >= 15 is 0 Å². The topological polar surface area (TPSA) is 78.0 Å². The molecular weight excluding hydrogens is 266 g/mol. The maximum Gasteiger partial charge on any atom is 0.0775 e. The zero-order valence-corrected chi connectivity index (χ0v) is 12.2. The third-order valence-corrected chi connectivity index (χ3v) is 4.50. The van der Waals surface area contributed by atoms with Crippen molar-refractivity contribution in [2.45, 2.75) is 24.3 Å². The lowest BCUT2D eigenvalue weighted by molar-refractivity contribution is 0.0327. The van der Waals surface area contributed by atoms with Gasteiger partial charge in [0.15, 0.2) is 0 Å². The standard InChI is InChI=1S/C15H21N5O/c1-20-13(11-17-19-20)14(18-16)15(7-9-21-10-8-15)12-5-3-2-4-6-12/h2-6,11,14,18H,7-10,16H2,1H3. The average Bonchev–Trinajstić information content (AvgIpc) is 2.96. The maximum atomic E-state index is 5.93. The molecule has 6 heteroatoms. The fourth-order valence-corrected chi connectivity index (χ4v) is 3.34. The first-order chi connectivity index (χ1) is 10.3. The molecule has 1 unspecified atom stereocenters. The zero-order chi connectivity index (χ0) is 14.7. The summed E-state index contributed by atoms with van der Waals surface area (Å²) in [5, 5.41) is 8.04. The molecule has 1 saturated heterocycles. The van der Waals surface area contributed by atoms with E-state index in [1.807, 2.05) is 13.1 Å². The Morgan fingerprint density at radius 1 is 1.29 bits per heavy atom. The second-order valence-corrected chi connectivity index (χ2v) is 5.52. The number of nitrogens with one attached hydrogen (secondary N) is 1. The Balaban J connectivity index is 2.08.